The second-order valence-electron chi connectivity index (χ2n) is 19.2. The maximum atomic E-state index is 11.8. The number of aliphatic hydroxyl groups is 12. The third-order valence-electron chi connectivity index (χ3n) is 13.8. The van der Waals surface area contributed by atoms with Crippen LogP contribution in [0.4, 0.5) is 34.1 Å². The number of para-hydroxylation sites is 3. The third-order valence-corrected chi connectivity index (χ3v) is 13.8. The van der Waals surface area contributed by atoms with Crippen molar-refractivity contribution in [3.8, 4) is 52.3 Å². The van der Waals surface area contributed by atoms with Crippen molar-refractivity contribution in [2.24, 2.45) is 30.7 Å². The largest absolute Gasteiger partial charge is 0.504 e. The number of furan rings is 3. The van der Waals surface area contributed by atoms with Gasteiger partial charge in [-0.2, -0.15) is 0 Å². The standard InChI is InChI=1S/C54H54N6O24/c61-16-31-40(64)46(70)49(73)52(82-31)22-13-34(76-19-22)79-28-10-4-1-7-25(28)55-58-37-43(67)38(59-56-26-8-2-5-11-29(26)80-35-14-23(20-77-35)53-50(74)47(71)41(65)32(17-62)83-53)45(69)39(44(37)68)60-57-27-9-3-6-12-30(27)81-36-15-24(21-78-36)54-51(75)48(72)42(66)33(18-63)84-54/h1-15,19-21,31-33,40-42,46-54,61-75H,16-18H2/t31-,32-,33-,40-,41-,42-,46+,47+,48+,49-,50-,51-,52+,53+,54+/m1/s1. The molecule has 0 spiro atoms. The van der Waals surface area contributed by atoms with Crippen LogP contribution in [0.1, 0.15) is 35.0 Å². The van der Waals surface area contributed by atoms with Gasteiger partial charge in [0.25, 0.3) is 17.8 Å². The van der Waals surface area contributed by atoms with Crippen molar-refractivity contribution in [3.05, 3.63) is 126 Å². The number of hydrogen-bond acceptors (Lipinski definition) is 30. The van der Waals surface area contributed by atoms with Gasteiger partial charge >= 0.3 is 0 Å². The fraction of sp³-hybridized carbons (Fsp3) is 0.333. The highest BCUT2D eigenvalue weighted by atomic mass is 16.6. The van der Waals surface area contributed by atoms with E-state index < -0.39 is 146 Å². The maximum absolute atomic E-state index is 11.8. The molecule has 0 bridgehead atoms. The Morgan fingerprint density at radius 3 is 0.869 bits per heavy atom. The zero-order valence-electron chi connectivity index (χ0n) is 43.2. The van der Waals surface area contributed by atoms with Gasteiger partial charge in [0.2, 0.25) is 0 Å². The number of ether oxygens (including phenoxy) is 6. The molecule has 444 valence electrons. The van der Waals surface area contributed by atoms with Crippen LogP contribution in [0.5, 0.6) is 52.3 Å². The molecular formula is C54H54N6O24. The summed E-state index contributed by atoms with van der Waals surface area (Å²) in [5.74, 6) is -3.69. The lowest BCUT2D eigenvalue weighted by atomic mass is 9.92. The highest BCUT2D eigenvalue weighted by Gasteiger charge is 2.47. The number of benzene rings is 4. The minimum Gasteiger partial charge on any atom is -0.504 e. The summed E-state index contributed by atoms with van der Waals surface area (Å²) in [4.78, 5) is 0. The normalized spacial score (nSPS) is 28.4. The van der Waals surface area contributed by atoms with Gasteiger partial charge in [-0.25, -0.2) is 0 Å². The number of hydrogen-bond donors (Lipinski definition) is 15. The monoisotopic (exact) mass is 1170 g/mol. The first-order valence-corrected chi connectivity index (χ1v) is 25.5. The van der Waals surface area contributed by atoms with Gasteiger partial charge in [-0.3, -0.25) is 0 Å². The SMILES string of the molecule is OC[C@H]1O[C@@H](c2coc(Oc3ccccc3N=Nc3c(O)c(N=Nc4ccccc4Oc4cc([C@@H]5O[C@H](CO)[C@@H](O)[C@H](O)[C@H]5O)co4)c(O)c(N=Nc4ccccc4Oc4cc([C@@H]5O[C@H](CO)[C@@H](O)[C@H](O)[C@H]5O)co4)c3O)c2)[C@H](O)[C@@H](O)[C@@H]1O. The highest BCUT2D eigenvalue weighted by Crippen LogP contribution is 2.57. The van der Waals surface area contributed by atoms with E-state index in [0.717, 1.165) is 18.8 Å². The minimum absolute atomic E-state index is 0.0320. The predicted octanol–water partition coefficient (Wildman–Crippen LogP) is 4.75. The predicted molar refractivity (Wildman–Crippen MR) is 278 cm³/mol. The summed E-state index contributed by atoms with van der Waals surface area (Å²) in [6.45, 7) is -2.01. The van der Waals surface area contributed by atoms with E-state index in [2.05, 4.69) is 30.7 Å². The number of aliphatic hydroxyl groups excluding tert-OH is 12. The molecule has 4 aromatic carbocycles. The van der Waals surface area contributed by atoms with Gasteiger partial charge in [-0.1, -0.05) is 36.4 Å². The molecule has 15 atom stereocenters. The van der Waals surface area contributed by atoms with Crippen LogP contribution in [0.25, 0.3) is 0 Å². The van der Waals surface area contributed by atoms with E-state index in [1.54, 1.807) is 18.2 Å². The molecular weight excluding hydrogens is 1120 g/mol. The Kier molecular flexibility index (Phi) is 17.7. The Bertz CT molecular complexity index is 3110. The summed E-state index contributed by atoms with van der Waals surface area (Å²) in [7, 11) is 0. The summed E-state index contributed by atoms with van der Waals surface area (Å²) in [5, 5.41) is 183. The fourth-order valence-corrected chi connectivity index (χ4v) is 9.20. The summed E-state index contributed by atoms with van der Waals surface area (Å²) in [5.41, 5.74) is -1.95. The first-order chi connectivity index (χ1) is 40.5. The van der Waals surface area contributed by atoms with Crippen LogP contribution < -0.4 is 14.2 Å². The Morgan fingerprint density at radius 2 is 0.607 bits per heavy atom. The van der Waals surface area contributed by atoms with Crippen LogP contribution in [0, 0.1) is 0 Å². The second-order valence-corrected chi connectivity index (χ2v) is 19.2. The lowest BCUT2D eigenvalue weighted by Gasteiger charge is -2.39. The van der Waals surface area contributed by atoms with Gasteiger partial charge < -0.3 is 118 Å². The van der Waals surface area contributed by atoms with E-state index in [1.807, 2.05) is 0 Å². The van der Waals surface area contributed by atoms with Crippen molar-refractivity contribution >= 4 is 34.1 Å². The Labute approximate surface area is 472 Å². The smallest absolute Gasteiger partial charge is 0.290 e. The lowest BCUT2D eigenvalue weighted by Crippen LogP contribution is -2.55. The molecule has 7 aromatic rings. The topological polar surface area (TPSA) is 472 Å². The maximum Gasteiger partial charge on any atom is 0.290 e. The Morgan fingerprint density at radius 1 is 0.345 bits per heavy atom. The van der Waals surface area contributed by atoms with Crippen molar-refractivity contribution in [1.82, 2.24) is 0 Å². The summed E-state index contributed by atoms with van der Waals surface area (Å²) in [6.07, 6.45) is -18.7. The van der Waals surface area contributed by atoms with Crippen molar-refractivity contribution in [2.75, 3.05) is 19.8 Å². The molecule has 3 fully saturated rings. The van der Waals surface area contributed by atoms with Gasteiger partial charge in [0.15, 0.2) is 51.6 Å². The van der Waals surface area contributed by atoms with E-state index in [-0.39, 0.29) is 68.8 Å². The molecule has 10 rings (SSSR count). The zero-order valence-corrected chi connectivity index (χ0v) is 43.2. The lowest BCUT2D eigenvalue weighted by molar-refractivity contribution is -0.231. The number of phenols is 3. The number of nitrogens with zero attached hydrogens (tertiary/aromatic N) is 6. The van der Waals surface area contributed by atoms with Crippen LogP contribution >= 0.6 is 0 Å². The fourth-order valence-electron chi connectivity index (χ4n) is 9.20. The summed E-state index contributed by atoms with van der Waals surface area (Å²) < 4.78 is 51.4. The summed E-state index contributed by atoms with van der Waals surface area (Å²) >= 11 is 0. The van der Waals surface area contributed by atoms with E-state index in [0.29, 0.717) is 0 Å². The molecule has 30 nitrogen and oxygen atoms in total. The first-order valence-electron chi connectivity index (χ1n) is 25.5. The minimum atomic E-state index is -1.67. The van der Waals surface area contributed by atoms with Gasteiger partial charge in [0, 0.05) is 34.9 Å². The zero-order chi connectivity index (χ0) is 59.5. The highest BCUT2D eigenvalue weighted by molar-refractivity contribution is 5.87. The quantitative estimate of drug-likeness (QED) is 0.0515. The molecule has 3 aromatic heterocycles. The van der Waals surface area contributed by atoms with Gasteiger partial charge in [0.1, 0.15) is 127 Å². The number of rotatable bonds is 18. The van der Waals surface area contributed by atoms with Crippen molar-refractivity contribution in [3.63, 3.8) is 0 Å². The van der Waals surface area contributed by atoms with Crippen LogP contribution in [0.15, 0.2) is 154 Å². The molecule has 3 saturated heterocycles. The third kappa shape index (κ3) is 11.9. The van der Waals surface area contributed by atoms with Gasteiger partial charge in [-0.15, -0.1) is 30.7 Å². The molecule has 3 aliphatic heterocycles. The molecule has 0 amide bonds. The van der Waals surface area contributed by atoms with Gasteiger partial charge in [-0.05, 0) is 36.4 Å². The Balaban J connectivity index is 0.966. The molecule has 6 heterocycles. The molecule has 84 heavy (non-hydrogen) atoms. The molecule has 30 heteroatoms. The van der Waals surface area contributed by atoms with E-state index in [4.69, 9.17) is 41.7 Å². The molecule has 15 N–H and O–H groups in total. The number of azo groups is 3. The van der Waals surface area contributed by atoms with Crippen molar-refractivity contribution < 1.29 is 118 Å². The van der Waals surface area contributed by atoms with Crippen LogP contribution in [0.3, 0.4) is 0 Å². The molecule has 0 unspecified atom stereocenters. The average Bonchev–Trinajstić information content (AvgIpc) is 4.34. The van der Waals surface area contributed by atoms with Crippen molar-refractivity contribution in [2.45, 2.75) is 91.6 Å². The van der Waals surface area contributed by atoms with E-state index >= 15 is 0 Å². The first kappa shape index (κ1) is 58.9. The molecule has 0 aliphatic carbocycles. The number of aromatic hydroxyl groups is 3. The van der Waals surface area contributed by atoms with E-state index in [9.17, 15) is 76.6 Å². The van der Waals surface area contributed by atoms with Crippen LogP contribution in [0.2, 0.25) is 0 Å². The van der Waals surface area contributed by atoms with Crippen molar-refractivity contribution in [1.29, 1.82) is 0 Å². The molecule has 3 aliphatic rings. The van der Waals surface area contributed by atoms with Gasteiger partial charge in [0.05, 0.1) is 19.8 Å². The van der Waals surface area contributed by atoms with Crippen LogP contribution in [-0.4, -0.2) is 170 Å². The second kappa shape index (κ2) is 25.3. The molecule has 0 radical (unpaired) electrons. The Hall–Kier alpha value is -8.28. The number of phenolic OH excluding ortho intramolecular Hbond substituents is 3. The average molecular weight is 1170 g/mol. The molecule has 0 saturated carbocycles. The summed E-state index contributed by atoms with van der Waals surface area (Å²) in [6, 6.07) is 21.8. The van der Waals surface area contributed by atoms with E-state index in [1.165, 1.54) is 72.8 Å². The van der Waals surface area contributed by atoms with Crippen LogP contribution in [-0.2, 0) is 14.2 Å².